The Morgan fingerprint density at radius 1 is 0.571 bits per heavy atom. The zero-order chi connectivity index (χ0) is 28.5. The number of hydrogen-bond donors (Lipinski definition) is 0. The minimum atomic E-state index is 0.185. The first-order chi connectivity index (χ1) is 20.7. The number of hydrogen-bond acceptors (Lipinski definition) is 2. The van der Waals surface area contributed by atoms with Crippen molar-refractivity contribution in [1.29, 1.82) is 0 Å². The summed E-state index contributed by atoms with van der Waals surface area (Å²) in [6.07, 6.45) is 17.1. The maximum absolute atomic E-state index is 2.56. The van der Waals surface area contributed by atoms with E-state index in [1.165, 1.54) is 50.0 Å². The normalized spacial score (nSPS) is 19.7. The number of allylic oxidation sites excluding steroid dienone is 5. The highest BCUT2D eigenvalue weighted by Gasteiger charge is 2.29. The molecule has 5 aromatic carbocycles. The molecule has 42 heavy (non-hydrogen) atoms. The van der Waals surface area contributed by atoms with Gasteiger partial charge in [0.25, 0.3) is 0 Å². The van der Waals surface area contributed by atoms with Crippen LogP contribution in [0.5, 0.6) is 0 Å². The summed E-state index contributed by atoms with van der Waals surface area (Å²) in [5, 5.41) is 4.98. The van der Waals surface area contributed by atoms with E-state index in [-0.39, 0.29) is 6.04 Å². The Kier molecular flexibility index (Phi) is 6.97. The van der Waals surface area contributed by atoms with E-state index in [4.69, 9.17) is 0 Å². The van der Waals surface area contributed by atoms with Crippen molar-refractivity contribution >= 4 is 44.3 Å². The zero-order valence-corrected chi connectivity index (χ0v) is 24.3. The molecular weight excluding hydrogens is 508 g/mol. The average Bonchev–Trinajstić information content (AvgIpc) is 3.04. The Labute approximate surface area is 249 Å². The van der Waals surface area contributed by atoms with E-state index in [1.807, 2.05) is 0 Å². The van der Waals surface area contributed by atoms with Gasteiger partial charge in [-0.25, -0.2) is 0 Å². The minimum absolute atomic E-state index is 0.185. The van der Waals surface area contributed by atoms with E-state index in [0.29, 0.717) is 11.8 Å². The van der Waals surface area contributed by atoms with Crippen molar-refractivity contribution in [2.24, 2.45) is 11.8 Å². The Bertz CT molecular complexity index is 1790. The number of benzene rings is 5. The fourth-order valence-corrected chi connectivity index (χ4v) is 6.60. The molecule has 0 aliphatic heterocycles. The number of para-hydroxylation sites is 2. The Balaban J connectivity index is 1.58. The molecule has 3 unspecified atom stereocenters. The first-order valence-corrected chi connectivity index (χ1v) is 15.1. The van der Waals surface area contributed by atoms with Gasteiger partial charge in [-0.05, 0) is 48.6 Å². The van der Waals surface area contributed by atoms with Crippen LogP contribution in [0, 0.1) is 11.8 Å². The Morgan fingerprint density at radius 3 is 1.67 bits per heavy atom. The number of fused-ring (bicyclic) bond motifs is 2. The predicted molar refractivity (Wildman–Crippen MR) is 181 cm³/mol. The molecule has 0 radical (unpaired) electrons. The fraction of sp³-hybridized carbons (Fsp3) is 0.150. The highest BCUT2D eigenvalue weighted by Crippen LogP contribution is 2.49. The van der Waals surface area contributed by atoms with Gasteiger partial charge in [0.1, 0.15) is 0 Å². The second-order valence-corrected chi connectivity index (χ2v) is 11.5. The van der Waals surface area contributed by atoms with Crippen molar-refractivity contribution in [2.75, 3.05) is 9.80 Å². The molecule has 0 aromatic heterocycles. The second-order valence-electron chi connectivity index (χ2n) is 11.5. The van der Waals surface area contributed by atoms with Crippen LogP contribution >= 0.6 is 0 Å². The van der Waals surface area contributed by atoms with Crippen LogP contribution < -0.4 is 9.80 Å². The summed E-state index contributed by atoms with van der Waals surface area (Å²) in [5.74, 6) is 0.835. The molecule has 0 fully saturated rings. The highest BCUT2D eigenvalue weighted by atomic mass is 15.2. The molecule has 206 valence electrons. The Hall–Kier alpha value is -4.82. The topological polar surface area (TPSA) is 6.48 Å². The maximum Gasteiger partial charge on any atom is 0.0619 e. The molecule has 0 heterocycles. The molecule has 2 heteroatoms. The van der Waals surface area contributed by atoms with Crippen LogP contribution in [0.3, 0.4) is 0 Å². The van der Waals surface area contributed by atoms with Crippen molar-refractivity contribution in [2.45, 2.75) is 26.3 Å². The third-order valence-electron chi connectivity index (χ3n) is 8.57. The monoisotopic (exact) mass is 544 g/mol. The zero-order valence-electron chi connectivity index (χ0n) is 24.3. The van der Waals surface area contributed by atoms with Crippen molar-refractivity contribution in [3.8, 4) is 0 Å². The van der Waals surface area contributed by atoms with Crippen LogP contribution in [0.1, 0.15) is 20.3 Å². The molecule has 0 saturated carbocycles. The maximum atomic E-state index is 2.56. The molecule has 7 rings (SSSR count). The van der Waals surface area contributed by atoms with E-state index in [1.54, 1.807) is 0 Å². The number of nitrogens with zero attached hydrogens (tertiary/aromatic N) is 2. The predicted octanol–water partition coefficient (Wildman–Crippen LogP) is 10.9. The van der Waals surface area contributed by atoms with Crippen molar-refractivity contribution in [3.63, 3.8) is 0 Å². The van der Waals surface area contributed by atoms with Crippen LogP contribution in [-0.2, 0) is 0 Å². The summed E-state index contributed by atoms with van der Waals surface area (Å²) in [4.78, 5) is 5.03. The molecule has 2 aliphatic carbocycles. The quantitative estimate of drug-likeness (QED) is 0.155. The highest BCUT2D eigenvalue weighted by molar-refractivity contribution is 6.22. The summed E-state index contributed by atoms with van der Waals surface area (Å²) in [6.45, 7) is 4.62. The van der Waals surface area contributed by atoms with Gasteiger partial charge < -0.3 is 9.80 Å². The van der Waals surface area contributed by atoms with Gasteiger partial charge in [-0.15, -0.1) is 0 Å². The molecule has 2 aliphatic rings. The van der Waals surface area contributed by atoms with Crippen LogP contribution in [-0.4, -0.2) is 6.04 Å². The lowest BCUT2D eigenvalue weighted by molar-refractivity contribution is 0.611. The van der Waals surface area contributed by atoms with Crippen molar-refractivity contribution in [3.05, 3.63) is 157 Å². The second kappa shape index (κ2) is 11.2. The smallest absolute Gasteiger partial charge is 0.0619 e. The first-order valence-electron chi connectivity index (χ1n) is 15.1. The average molecular weight is 545 g/mol. The van der Waals surface area contributed by atoms with Crippen LogP contribution in [0.4, 0.5) is 22.7 Å². The number of rotatable bonds is 6. The summed E-state index contributed by atoms with van der Waals surface area (Å²) >= 11 is 0. The molecule has 0 amide bonds. The van der Waals surface area contributed by atoms with Crippen molar-refractivity contribution < 1.29 is 0 Å². The van der Waals surface area contributed by atoms with Crippen LogP contribution in [0.25, 0.3) is 21.5 Å². The van der Waals surface area contributed by atoms with Gasteiger partial charge in [-0.3, -0.25) is 0 Å². The fourth-order valence-electron chi connectivity index (χ4n) is 6.60. The molecular formula is C40H36N2. The lowest BCUT2D eigenvalue weighted by atomic mass is 9.90. The van der Waals surface area contributed by atoms with Gasteiger partial charge >= 0.3 is 0 Å². The van der Waals surface area contributed by atoms with Crippen LogP contribution in [0.2, 0.25) is 0 Å². The first kappa shape index (κ1) is 26.1. The van der Waals surface area contributed by atoms with Crippen LogP contribution in [0.15, 0.2) is 157 Å². The van der Waals surface area contributed by atoms with Gasteiger partial charge in [-0.2, -0.15) is 0 Å². The Morgan fingerprint density at radius 2 is 1.10 bits per heavy atom. The lowest BCUT2D eigenvalue weighted by Crippen LogP contribution is -2.35. The summed E-state index contributed by atoms with van der Waals surface area (Å²) in [7, 11) is 0. The van der Waals surface area contributed by atoms with E-state index in [2.05, 4.69) is 175 Å². The molecule has 3 atom stereocenters. The third kappa shape index (κ3) is 4.63. The summed E-state index contributed by atoms with van der Waals surface area (Å²) in [6, 6.07) is 39.8. The molecule has 0 N–H and O–H groups in total. The molecule has 0 spiro atoms. The molecule has 0 saturated heterocycles. The summed E-state index contributed by atoms with van der Waals surface area (Å²) in [5.41, 5.74) is 6.06. The molecule has 2 nitrogen and oxygen atoms in total. The third-order valence-corrected chi connectivity index (χ3v) is 8.57. The SMILES string of the molecule is CC1C=C(N(c2ccccc2)c2c3ccccc3c(N(c3ccccc3)C3C=CC=CC3C)c3ccccc23)C=CC1. The van der Waals surface area contributed by atoms with Gasteiger partial charge in [-0.1, -0.05) is 135 Å². The molecule has 0 bridgehead atoms. The van der Waals surface area contributed by atoms with Gasteiger partial charge in [0.2, 0.25) is 0 Å². The van der Waals surface area contributed by atoms with Crippen molar-refractivity contribution in [1.82, 2.24) is 0 Å². The van der Waals surface area contributed by atoms with E-state index < -0.39 is 0 Å². The largest absolute Gasteiger partial charge is 0.333 e. The van der Waals surface area contributed by atoms with Gasteiger partial charge in [0.05, 0.1) is 17.4 Å². The van der Waals surface area contributed by atoms with E-state index >= 15 is 0 Å². The minimum Gasteiger partial charge on any atom is -0.333 e. The van der Waals surface area contributed by atoms with E-state index in [0.717, 1.165) is 6.42 Å². The molecule has 5 aromatic rings. The van der Waals surface area contributed by atoms with E-state index in [9.17, 15) is 0 Å². The lowest BCUT2D eigenvalue weighted by Gasteiger charge is -2.38. The van der Waals surface area contributed by atoms with Gasteiger partial charge in [0.15, 0.2) is 0 Å². The van der Waals surface area contributed by atoms with Gasteiger partial charge in [0, 0.05) is 38.6 Å². The summed E-state index contributed by atoms with van der Waals surface area (Å²) < 4.78 is 0. The standard InChI is InChI=1S/C40H36N2/c1-29-16-15-22-33(28-29)41(31-18-5-3-6-19-31)39-34-23-10-12-25-36(34)40(37-26-13-11-24-35(37)39)42(32-20-7-4-8-21-32)38-27-14-9-17-30(38)2/h3-15,17-30,38H,16H2,1-2H3. The number of anilines is 4.